The summed E-state index contributed by atoms with van der Waals surface area (Å²) in [7, 11) is -1.95. The topological polar surface area (TPSA) is 81.1 Å². The highest BCUT2D eigenvalue weighted by molar-refractivity contribution is 7.91. The van der Waals surface area contributed by atoms with E-state index < -0.39 is 33.7 Å². The molecule has 1 aliphatic heterocycles. The average molecular weight is 311 g/mol. The van der Waals surface area contributed by atoms with Crippen molar-refractivity contribution in [3.05, 3.63) is 17.5 Å². The third-order valence-corrected chi connectivity index (χ3v) is 4.74. The summed E-state index contributed by atoms with van der Waals surface area (Å²) in [4.78, 5) is 11.8. The Hall–Kier alpha value is -1.58. The maximum atomic E-state index is 12.5. The van der Waals surface area contributed by atoms with Crippen molar-refractivity contribution >= 4 is 15.7 Å². The first kappa shape index (κ1) is 14.8. The second-order valence-corrected chi connectivity index (χ2v) is 6.84. The molecule has 1 aromatic rings. The minimum atomic E-state index is -4.63. The van der Waals surface area contributed by atoms with Crippen LogP contribution in [0.5, 0.6) is 0 Å². The van der Waals surface area contributed by atoms with Gasteiger partial charge in [-0.25, -0.2) is 8.42 Å². The van der Waals surface area contributed by atoms with E-state index >= 15 is 0 Å². The van der Waals surface area contributed by atoms with Gasteiger partial charge in [0.2, 0.25) is 0 Å². The van der Waals surface area contributed by atoms with Crippen molar-refractivity contribution in [1.29, 1.82) is 0 Å². The molecular weight excluding hydrogens is 299 g/mol. The number of hydrogen-bond acceptors (Lipinski definition) is 4. The van der Waals surface area contributed by atoms with Gasteiger partial charge in [-0.2, -0.15) is 18.3 Å². The zero-order valence-corrected chi connectivity index (χ0v) is 11.3. The Morgan fingerprint density at radius 1 is 1.50 bits per heavy atom. The van der Waals surface area contributed by atoms with Crippen LogP contribution in [-0.4, -0.2) is 41.7 Å². The molecule has 2 rings (SSSR count). The van der Waals surface area contributed by atoms with Crippen molar-refractivity contribution in [2.75, 3.05) is 11.5 Å². The van der Waals surface area contributed by atoms with Crippen LogP contribution < -0.4 is 5.32 Å². The Kier molecular flexibility index (Phi) is 3.53. The summed E-state index contributed by atoms with van der Waals surface area (Å²) in [6, 6.07) is 0.0652. The van der Waals surface area contributed by atoms with Crippen LogP contribution in [0.3, 0.4) is 0 Å². The van der Waals surface area contributed by atoms with Crippen molar-refractivity contribution < 1.29 is 26.4 Å². The normalized spacial score (nSPS) is 21.9. The van der Waals surface area contributed by atoms with Crippen molar-refractivity contribution in [3.63, 3.8) is 0 Å². The maximum absolute atomic E-state index is 12.5. The molecule has 112 valence electrons. The molecule has 0 radical (unpaired) electrons. The number of sulfone groups is 1. The second-order valence-electron chi connectivity index (χ2n) is 4.61. The largest absolute Gasteiger partial charge is 0.435 e. The Morgan fingerprint density at radius 2 is 2.15 bits per heavy atom. The van der Waals surface area contributed by atoms with Crippen LogP contribution >= 0.6 is 0 Å². The molecule has 1 saturated heterocycles. The van der Waals surface area contributed by atoms with E-state index in [-0.39, 0.29) is 23.6 Å². The first-order valence-corrected chi connectivity index (χ1v) is 7.53. The summed E-state index contributed by atoms with van der Waals surface area (Å²) in [6.45, 7) is 0. The van der Waals surface area contributed by atoms with E-state index in [4.69, 9.17) is 0 Å². The van der Waals surface area contributed by atoms with E-state index in [9.17, 15) is 26.4 Å². The molecule has 1 aliphatic rings. The number of halogens is 3. The number of carbonyl (C=O) groups is 1. The zero-order chi connectivity index (χ0) is 15.1. The summed E-state index contributed by atoms with van der Waals surface area (Å²) in [6.07, 6.45) is -4.37. The minimum Gasteiger partial charge on any atom is -0.347 e. The molecule has 1 atom stereocenters. The van der Waals surface area contributed by atoms with Crippen LogP contribution in [0.4, 0.5) is 13.2 Å². The standard InChI is InChI=1S/C10H12F3N3O3S/c1-16-7(4-8(15-16)10(11,12)13)9(17)14-6-2-3-20(18,19)5-6/h4,6H,2-3,5H2,1H3,(H,14,17). The van der Waals surface area contributed by atoms with Gasteiger partial charge in [-0.3, -0.25) is 9.48 Å². The first-order chi connectivity index (χ1) is 9.08. The predicted octanol–water partition coefficient (Wildman–Crippen LogP) is 0.356. The SMILES string of the molecule is Cn1nc(C(F)(F)F)cc1C(=O)NC1CCS(=O)(=O)C1. The van der Waals surface area contributed by atoms with Gasteiger partial charge in [-0.15, -0.1) is 0 Å². The van der Waals surface area contributed by atoms with Crippen LogP contribution in [0.15, 0.2) is 6.07 Å². The number of carbonyl (C=O) groups excluding carboxylic acids is 1. The lowest BCUT2D eigenvalue weighted by molar-refractivity contribution is -0.141. The lowest BCUT2D eigenvalue weighted by atomic mass is 10.2. The van der Waals surface area contributed by atoms with E-state index in [2.05, 4.69) is 10.4 Å². The molecule has 0 saturated carbocycles. The fraction of sp³-hybridized carbons (Fsp3) is 0.600. The molecule has 2 heterocycles. The van der Waals surface area contributed by atoms with Crippen LogP contribution in [0, 0.1) is 0 Å². The van der Waals surface area contributed by atoms with Crippen LogP contribution in [0.1, 0.15) is 22.6 Å². The van der Waals surface area contributed by atoms with Gasteiger partial charge < -0.3 is 5.32 Å². The Morgan fingerprint density at radius 3 is 2.60 bits per heavy atom. The maximum Gasteiger partial charge on any atom is 0.435 e. The minimum absolute atomic E-state index is 0.0306. The van der Waals surface area contributed by atoms with E-state index in [0.717, 1.165) is 4.68 Å². The number of rotatable bonds is 2. The third kappa shape index (κ3) is 3.11. The summed E-state index contributed by atoms with van der Waals surface area (Å²) in [5, 5.41) is 5.63. The highest BCUT2D eigenvalue weighted by atomic mass is 32.2. The van der Waals surface area contributed by atoms with Gasteiger partial charge in [0.25, 0.3) is 5.91 Å². The fourth-order valence-electron chi connectivity index (χ4n) is 1.99. The number of nitrogens with zero attached hydrogens (tertiary/aromatic N) is 2. The van der Waals surface area contributed by atoms with Gasteiger partial charge in [-0.05, 0) is 6.42 Å². The van der Waals surface area contributed by atoms with Gasteiger partial charge in [0.15, 0.2) is 15.5 Å². The predicted molar refractivity (Wildman–Crippen MR) is 62.7 cm³/mol. The molecule has 1 aromatic heterocycles. The molecule has 0 spiro atoms. The zero-order valence-electron chi connectivity index (χ0n) is 10.4. The molecule has 20 heavy (non-hydrogen) atoms. The monoisotopic (exact) mass is 311 g/mol. The van der Waals surface area contributed by atoms with Crippen LogP contribution in [0.2, 0.25) is 0 Å². The van der Waals surface area contributed by atoms with E-state index in [1.165, 1.54) is 7.05 Å². The molecule has 6 nitrogen and oxygen atoms in total. The Balaban J connectivity index is 2.12. The number of alkyl halides is 3. The summed E-state index contributed by atoms with van der Waals surface area (Å²) < 4.78 is 60.7. The molecule has 1 N–H and O–H groups in total. The fourth-order valence-corrected chi connectivity index (χ4v) is 3.66. The Bertz CT molecular complexity index is 636. The summed E-state index contributed by atoms with van der Waals surface area (Å²) in [5.74, 6) is -0.988. The highest BCUT2D eigenvalue weighted by Crippen LogP contribution is 2.28. The quantitative estimate of drug-likeness (QED) is 0.855. The van der Waals surface area contributed by atoms with Gasteiger partial charge >= 0.3 is 6.18 Å². The lowest BCUT2D eigenvalue weighted by Crippen LogP contribution is -2.36. The number of hydrogen-bond donors (Lipinski definition) is 1. The molecule has 0 aliphatic carbocycles. The molecular formula is C10H12F3N3O3S. The van der Waals surface area contributed by atoms with E-state index in [1.54, 1.807) is 0 Å². The Labute approximate surface area is 112 Å². The average Bonchev–Trinajstić information content (AvgIpc) is 2.81. The van der Waals surface area contributed by atoms with E-state index in [1.807, 2.05) is 0 Å². The van der Waals surface area contributed by atoms with Gasteiger partial charge in [0.05, 0.1) is 11.5 Å². The lowest BCUT2D eigenvalue weighted by Gasteiger charge is -2.10. The smallest absolute Gasteiger partial charge is 0.347 e. The van der Waals surface area contributed by atoms with Crippen LogP contribution in [-0.2, 0) is 23.1 Å². The van der Waals surface area contributed by atoms with Gasteiger partial charge in [0, 0.05) is 19.2 Å². The molecule has 0 aromatic carbocycles. The number of nitrogens with one attached hydrogen (secondary N) is 1. The van der Waals surface area contributed by atoms with Gasteiger partial charge in [-0.1, -0.05) is 0 Å². The van der Waals surface area contributed by atoms with Crippen molar-refractivity contribution in [3.8, 4) is 0 Å². The van der Waals surface area contributed by atoms with Crippen LogP contribution in [0.25, 0.3) is 0 Å². The number of amides is 1. The van der Waals surface area contributed by atoms with Crippen molar-refractivity contribution in [2.24, 2.45) is 7.05 Å². The van der Waals surface area contributed by atoms with Gasteiger partial charge in [0.1, 0.15) is 5.69 Å². The third-order valence-electron chi connectivity index (χ3n) is 2.97. The second kappa shape index (κ2) is 4.76. The summed E-state index contributed by atoms with van der Waals surface area (Å²) in [5.41, 5.74) is -1.43. The highest BCUT2D eigenvalue weighted by Gasteiger charge is 2.36. The molecule has 1 unspecified atom stereocenters. The van der Waals surface area contributed by atoms with Crippen molar-refractivity contribution in [1.82, 2.24) is 15.1 Å². The molecule has 10 heteroatoms. The number of aryl methyl sites for hydroxylation is 1. The molecule has 1 amide bonds. The first-order valence-electron chi connectivity index (χ1n) is 5.71. The van der Waals surface area contributed by atoms with E-state index in [0.29, 0.717) is 6.07 Å². The van der Waals surface area contributed by atoms with Crippen molar-refractivity contribution in [2.45, 2.75) is 18.6 Å². The molecule has 1 fully saturated rings. The summed E-state index contributed by atoms with van der Waals surface area (Å²) >= 11 is 0. The molecule has 0 bridgehead atoms. The number of aromatic nitrogens is 2.